The molecule has 0 aliphatic rings. The van der Waals surface area contributed by atoms with Crippen LogP contribution in [0, 0.1) is 0 Å². The number of nitrogen functional groups attached to an aromatic ring is 1. The Morgan fingerprint density at radius 3 is 3.10 bits per heavy atom. The smallest absolute Gasteiger partial charge is 0.180 e. The Morgan fingerprint density at radius 2 is 2.30 bits per heavy atom. The maximum Gasteiger partial charge on any atom is 0.180 e. The minimum Gasteiger partial charge on any atom is -0.381 e. The third kappa shape index (κ3) is 0.556. The molecule has 0 radical (unpaired) electrons. The highest BCUT2D eigenvalue weighted by molar-refractivity contribution is 5.58. The normalized spacial score (nSPS) is 10.4. The van der Waals surface area contributed by atoms with Gasteiger partial charge in [-0.3, -0.25) is 4.40 Å². The maximum absolute atomic E-state index is 5.48. The van der Waals surface area contributed by atoms with Crippen LogP contribution in [0.15, 0.2) is 24.8 Å². The standard InChI is InChI=1S/C6H6N4/c7-5-6-8-2-1-3-10(6)4-9-5/h1-4H,7H2. The lowest BCUT2D eigenvalue weighted by molar-refractivity contribution is 1.11. The van der Waals surface area contributed by atoms with Crippen LogP contribution >= 0.6 is 0 Å². The molecule has 10 heavy (non-hydrogen) atoms. The van der Waals surface area contributed by atoms with Crippen LogP contribution < -0.4 is 5.73 Å². The van der Waals surface area contributed by atoms with Gasteiger partial charge in [0.15, 0.2) is 11.5 Å². The molecule has 2 heterocycles. The Morgan fingerprint density at radius 1 is 1.40 bits per heavy atom. The molecule has 0 atom stereocenters. The first-order chi connectivity index (χ1) is 4.88. The first kappa shape index (κ1) is 5.22. The van der Waals surface area contributed by atoms with Crippen LogP contribution in [0.2, 0.25) is 0 Å². The first-order valence-electron chi connectivity index (χ1n) is 2.91. The number of imidazole rings is 1. The lowest BCUT2D eigenvalue weighted by Gasteiger charge is -1.88. The van der Waals surface area contributed by atoms with E-state index in [1.165, 1.54) is 0 Å². The van der Waals surface area contributed by atoms with E-state index in [0.29, 0.717) is 11.5 Å². The van der Waals surface area contributed by atoms with E-state index < -0.39 is 0 Å². The van der Waals surface area contributed by atoms with Gasteiger partial charge in [-0.05, 0) is 6.07 Å². The average Bonchev–Trinajstić information content (AvgIpc) is 2.34. The lowest BCUT2D eigenvalue weighted by atomic mass is 10.6. The van der Waals surface area contributed by atoms with Gasteiger partial charge in [-0.25, -0.2) is 9.97 Å². The van der Waals surface area contributed by atoms with Gasteiger partial charge in [0, 0.05) is 12.4 Å². The van der Waals surface area contributed by atoms with Gasteiger partial charge in [0.1, 0.15) is 6.33 Å². The van der Waals surface area contributed by atoms with Gasteiger partial charge in [0.25, 0.3) is 0 Å². The monoisotopic (exact) mass is 134 g/mol. The van der Waals surface area contributed by atoms with Crippen molar-refractivity contribution in [2.24, 2.45) is 0 Å². The molecule has 0 bridgehead atoms. The van der Waals surface area contributed by atoms with Gasteiger partial charge < -0.3 is 5.73 Å². The highest BCUT2D eigenvalue weighted by Gasteiger charge is 1.96. The van der Waals surface area contributed by atoms with E-state index in [4.69, 9.17) is 5.73 Å². The molecule has 4 nitrogen and oxygen atoms in total. The van der Waals surface area contributed by atoms with Crippen molar-refractivity contribution < 1.29 is 0 Å². The second kappa shape index (κ2) is 1.70. The first-order valence-corrected chi connectivity index (χ1v) is 2.91. The highest BCUT2D eigenvalue weighted by atomic mass is 15.1. The fourth-order valence-corrected chi connectivity index (χ4v) is 0.856. The fourth-order valence-electron chi connectivity index (χ4n) is 0.856. The third-order valence-electron chi connectivity index (χ3n) is 1.32. The van der Waals surface area contributed by atoms with E-state index >= 15 is 0 Å². The predicted molar refractivity (Wildman–Crippen MR) is 37.4 cm³/mol. The minimum atomic E-state index is 0.473. The van der Waals surface area contributed by atoms with Gasteiger partial charge in [-0.15, -0.1) is 0 Å². The van der Waals surface area contributed by atoms with Crippen LogP contribution in [0.3, 0.4) is 0 Å². The Hall–Kier alpha value is -1.58. The molecule has 0 amide bonds. The predicted octanol–water partition coefficient (Wildman–Crippen LogP) is 0.312. The van der Waals surface area contributed by atoms with Gasteiger partial charge in [-0.1, -0.05) is 0 Å². The summed E-state index contributed by atoms with van der Waals surface area (Å²) in [6.07, 6.45) is 5.18. The topological polar surface area (TPSA) is 56.2 Å². The molecule has 0 saturated carbocycles. The van der Waals surface area contributed by atoms with Crippen LogP contribution in [-0.2, 0) is 0 Å². The highest BCUT2D eigenvalue weighted by Crippen LogP contribution is 2.05. The van der Waals surface area contributed by atoms with E-state index in [1.54, 1.807) is 16.9 Å². The Bertz CT molecular complexity index is 351. The summed E-state index contributed by atoms with van der Waals surface area (Å²) in [4.78, 5) is 7.89. The second-order valence-electron chi connectivity index (χ2n) is 1.98. The van der Waals surface area contributed by atoms with E-state index in [1.807, 2.05) is 12.3 Å². The zero-order valence-corrected chi connectivity index (χ0v) is 5.23. The van der Waals surface area contributed by atoms with E-state index in [9.17, 15) is 0 Å². The summed E-state index contributed by atoms with van der Waals surface area (Å²) in [6, 6.07) is 1.83. The SMILES string of the molecule is Nc1ncn2cccnc12. The molecule has 0 unspecified atom stereocenters. The molecule has 2 N–H and O–H groups in total. The van der Waals surface area contributed by atoms with Crippen LogP contribution in [0.5, 0.6) is 0 Å². The summed E-state index contributed by atoms with van der Waals surface area (Å²) >= 11 is 0. The molecule has 0 aliphatic carbocycles. The molecule has 4 heteroatoms. The van der Waals surface area contributed by atoms with Crippen molar-refractivity contribution in [3.8, 4) is 0 Å². The van der Waals surface area contributed by atoms with E-state index in [2.05, 4.69) is 9.97 Å². The summed E-state index contributed by atoms with van der Waals surface area (Å²) in [5, 5.41) is 0. The van der Waals surface area contributed by atoms with Crippen molar-refractivity contribution >= 4 is 11.5 Å². The van der Waals surface area contributed by atoms with Crippen LogP contribution in [0.4, 0.5) is 5.82 Å². The molecule has 50 valence electrons. The van der Waals surface area contributed by atoms with Crippen molar-refractivity contribution in [3.05, 3.63) is 24.8 Å². The Labute approximate surface area is 57.3 Å². The van der Waals surface area contributed by atoms with Gasteiger partial charge in [-0.2, -0.15) is 0 Å². The number of nitrogens with two attached hydrogens (primary N) is 1. The molecule has 0 aromatic carbocycles. The molecule has 2 aromatic heterocycles. The van der Waals surface area contributed by atoms with Crippen molar-refractivity contribution in [1.29, 1.82) is 0 Å². The molecule has 0 fully saturated rings. The van der Waals surface area contributed by atoms with Gasteiger partial charge in [0.05, 0.1) is 0 Å². The largest absolute Gasteiger partial charge is 0.381 e. The van der Waals surface area contributed by atoms with Crippen LogP contribution in [-0.4, -0.2) is 14.4 Å². The quantitative estimate of drug-likeness (QED) is 0.564. The lowest BCUT2D eigenvalue weighted by Crippen LogP contribution is -1.88. The van der Waals surface area contributed by atoms with Crippen molar-refractivity contribution in [1.82, 2.24) is 14.4 Å². The summed E-state index contributed by atoms with van der Waals surface area (Å²) in [5.41, 5.74) is 6.19. The van der Waals surface area contributed by atoms with Gasteiger partial charge >= 0.3 is 0 Å². The molecule has 2 rings (SSSR count). The average molecular weight is 134 g/mol. The van der Waals surface area contributed by atoms with Crippen molar-refractivity contribution in [2.45, 2.75) is 0 Å². The second-order valence-corrected chi connectivity index (χ2v) is 1.98. The number of hydrogen-bond acceptors (Lipinski definition) is 3. The molecular weight excluding hydrogens is 128 g/mol. The fraction of sp³-hybridized carbons (Fsp3) is 0. The number of anilines is 1. The summed E-state index contributed by atoms with van der Waals surface area (Å²) in [6.45, 7) is 0. The number of aromatic nitrogens is 3. The number of nitrogens with zero attached hydrogens (tertiary/aromatic N) is 3. The number of hydrogen-bond donors (Lipinski definition) is 1. The van der Waals surface area contributed by atoms with Crippen LogP contribution in [0.25, 0.3) is 5.65 Å². The van der Waals surface area contributed by atoms with E-state index in [0.717, 1.165) is 0 Å². The summed E-state index contributed by atoms with van der Waals surface area (Å²) < 4.78 is 1.77. The van der Waals surface area contributed by atoms with Gasteiger partial charge in [0.2, 0.25) is 0 Å². The van der Waals surface area contributed by atoms with Crippen LogP contribution in [0.1, 0.15) is 0 Å². The maximum atomic E-state index is 5.48. The summed E-state index contributed by atoms with van der Waals surface area (Å²) in [5.74, 6) is 0.473. The third-order valence-corrected chi connectivity index (χ3v) is 1.32. The molecule has 0 aliphatic heterocycles. The zero-order chi connectivity index (χ0) is 6.97. The molecule has 2 aromatic rings. The minimum absolute atomic E-state index is 0.473. The zero-order valence-electron chi connectivity index (χ0n) is 5.23. The van der Waals surface area contributed by atoms with Crippen molar-refractivity contribution in [2.75, 3.05) is 5.73 Å². The number of fused-ring (bicyclic) bond motifs is 1. The van der Waals surface area contributed by atoms with E-state index in [-0.39, 0.29) is 0 Å². The Balaban J connectivity index is 2.93. The number of rotatable bonds is 0. The van der Waals surface area contributed by atoms with Crippen molar-refractivity contribution in [3.63, 3.8) is 0 Å². The Kier molecular flexibility index (Phi) is 0.887. The molecule has 0 spiro atoms. The molecule has 0 saturated heterocycles. The molecular formula is C6H6N4. The summed E-state index contributed by atoms with van der Waals surface area (Å²) in [7, 11) is 0.